The van der Waals surface area contributed by atoms with Crippen molar-refractivity contribution in [1.82, 2.24) is 5.32 Å². The number of ether oxygens (including phenoxy) is 1. The van der Waals surface area contributed by atoms with E-state index >= 15 is 0 Å². The number of rotatable bonds is 4. The van der Waals surface area contributed by atoms with Crippen molar-refractivity contribution >= 4 is 0 Å². The summed E-state index contributed by atoms with van der Waals surface area (Å²) in [5.41, 5.74) is 0.755. The molecule has 0 amide bonds. The molecule has 0 fully saturated rings. The van der Waals surface area contributed by atoms with Gasteiger partial charge < -0.3 is 10.1 Å². The van der Waals surface area contributed by atoms with Gasteiger partial charge in [0.25, 0.3) is 0 Å². The van der Waals surface area contributed by atoms with Gasteiger partial charge >= 0.3 is 6.18 Å². The first-order valence-corrected chi connectivity index (χ1v) is 5.44. The zero-order valence-electron chi connectivity index (χ0n) is 9.97. The molecule has 0 heterocycles. The predicted molar refractivity (Wildman–Crippen MR) is 63.4 cm³/mol. The monoisotopic (exact) mass is 257 g/mol. The lowest BCUT2D eigenvalue weighted by atomic mass is 10.2. The van der Waals surface area contributed by atoms with Gasteiger partial charge in [0.2, 0.25) is 0 Å². The van der Waals surface area contributed by atoms with E-state index in [0.29, 0.717) is 0 Å². The van der Waals surface area contributed by atoms with E-state index in [1.165, 1.54) is 12.1 Å². The van der Waals surface area contributed by atoms with Crippen LogP contribution in [-0.4, -0.2) is 26.4 Å². The summed E-state index contributed by atoms with van der Waals surface area (Å²) in [5, 5.41) is 2.96. The average molecular weight is 257 g/mol. The first-order chi connectivity index (χ1) is 8.51. The summed E-state index contributed by atoms with van der Waals surface area (Å²) in [7, 11) is 1.84. The molecular formula is C13H14F3NO. The first-order valence-electron chi connectivity index (χ1n) is 5.44. The minimum absolute atomic E-state index is 0.188. The van der Waals surface area contributed by atoms with E-state index < -0.39 is 12.8 Å². The lowest BCUT2D eigenvalue weighted by molar-refractivity contribution is -0.153. The lowest BCUT2D eigenvalue weighted by Crippen LogP contribution is -2.19. The van der Waals surface area contributed by atoms with Crippen LogP contribution in [0, 0.1) is 11.8 Å². The Bertz CT molecular complexity index is 415. The highest BCUT2D eigenvalue weighted by molar-refractivity contribution is 5.38. The van der Waals surface area contributed by atoms with Crippen molar-refractivity contribution in [3.05, 3.63) is 29.8 Å². The molecule has 1 aromatic rings. The van der Waals surface area contributed by atoms with Crippen molar-refractivity contribution in [2.24, 2.45) is 0 Å². The molecule has 0 spiro atoms. The molecule has 0 aromatic heterocycles. The van der Waals surface area contributed by atoms with Crippen LogP contribution in [0.3, 0.4) is 0 Å². The molecule has 2 nitrogen and oxygen atoms in total. The van der Waals surface area contributed by atoms with Gasteiger partial charge in [0.1, 0.15) is 5.75 Å². The third-order valence-electron chi connectivity index (χ3n) is 1.99. The van der Waals surface area contributed by atoms with Crippen LogP contribution >= 0.6 is 0 Å². The summed E-state index contributed by atoms with van der Waals surface area (Å²) in [6.07, 6.45) is -3.59. The zero-order valence-corrected chi connectivity index (χ0v) is 9.97. The fraction of sp³-hybridized carbons (Fsp3) is 0.385. The Balaban J connectivity index is 2.49. The number of benzene rings is 1. The van der Waals surface area contributed by atoms with Gasteiger partial charge in [0, 0.05) is 18.5 Å². The fourth-order valence-electron chi connectivity index (χ4n) is 1.15. The van der Waals surface area contributed by atoms with Gasteiger partial charge in [-0.05, 0) is 31.3 Å². The second kappa shape index (κ2) is 6.92. The number of hydrogen-bond acceptors (Lipinski definition) is 2. The number of halogens is 3. The van der Waals surface area contributed by atoms with Crippen molar-refractivity contribution in [3.8, 4) is 17.6 Å². The van der Waals surface area contributed by atoms with Crippen LogP contribution in [-0.2, 0) is 0 Å². The van der Waals surface area contributed by atoms with E-state index in [2.05, 4.69) is 21.9 Å². The van der Waals surface area contributed by atoms with Gasteiger partial charge in [-0.3, -0.25) is 0 Å². The summed E-state index contributed by atoms with van der Waals surface area (Å²) >= 11 is 0. The Hall–Kier alpha value is -1.67. The molecule has 18 heavy (non-hydrogen) atoms. The number of alkyl halides is 3. The average Bonchev–Trinajstić information content (AvgIpc) is 2.33. The molecule has 0 atom stereocenters. The molecule has 98 valence electrons. The molecule has 0 aliphatic carbocycles. The van der Waals surface area contributed by atoms with E-state index in [0.717, 1.165) is 18.5 Å². The summed E-state index contributed by atoms with van der Waals surface area (Å²) in [5.74, 6) is 6.04. The van der Waals surface area contributed by atoms with Gasteiger partial charge in [-0.15, -0.1) is 0 Å². The summed E-state index contributed by atoms with van der Waals surface area (Å²) in [4.78, 5) is 0. The third kappa shape index (κ3) is 6.16. The van der Waals surface area contributed by atoms with Gasteiger partial charge in [0.05, 0.1) is 0 Å². The van der Waals surface area contributed by atoms with E-state index in [1.54, 1.807) is 12.1 Å². The molecule has 1 aromatic carbocycles. The molecule has 0 saturated heterocycles. The van der Waals surface area contributed by atoms with Crippen molar-refractivity contribution in [2.45, 2.75) is 12.6 Å². The quantitative estimate of drug-likeness (QED) is 0.661. The Morgan fingerprint density at radius 3 is 2.44 bits per heavy atom. The van der Waals surface area contributed by atoms with Crippen molar-refractivity contribution in [1.29, 1.82) is 0 Å². The molecule has 0 aliphatic rings. The van der Waals surface area contributed by atoms with Gasteiger partial charge in [0.15, 0.2) is 6.61 Å². The number of hydrogen-bond donors (Lipinski definition) is 1. The van der Waals surface area contributed by atoms with Crippen LogP contribution in [0.4, 0.5) is 13.2 Å². The molecule has 0 bridgehead atoms. The van der Waals surface area contributed by atoms with Gasteiger partial charge in [-0.25, -0.2) is 0 Å². The number of nitrogens with one attached hydrogen (secondary N) is 1. The fourth-order valence-corrected chi connectivity index (χ4v) is 1.15. The molecule has 0 unspecified atom stereocenters. The van der Waals surface area contributed by atoms with Gasteiger partial charge in [-0.1, -0.05) is 11.8 Å². The van der Waals surface area contributed by atoms with Crippen molar-refractivity contribution < 1.29 is 17.9 Å². The molecule has 1 rings (SSSR count). The maximum absolute atomic E-state index is 11.9. The highest BCUT2D eigenvalue weighted by Gasteiger charge is 2.28. The van der Waals surface area contributed by atoms with Crippen molar-refractivity contribution in [3.63, 3.8) is 0 Å². The molecule has 0 radical (unpaired) electrons. The zero-order chi connectivity index (χ0) is 13.4. The Kier molecular flexibility index (Phi) is 5.53. The SMILES string of the molecule is CNCCC#Cc1ccc(OCC(F)(F)F)cc1. The third-order valence-corrected chi connectivity index (χ3v) is 1.99. The normalized spacial score (nSPS) is 10.7. The predicted octanol–water partition coefficient (Wildman–Crippen LogP) is 2.59. The molecule has 0 saturated carbocycles. The van der Waals surface area contributed by atoms with E-state index in [4.69, 9.17) is 0 Å². The van der Waals surface area contributed by atoms with Crippen LogP contribution in [0.5, 0.6) is 5.75 Å². The Morgan fingerprint density at radius 2 is 1.89 bits per heavy atom. The highest BCUT2D eigenvalue weighted by Crippen LogP contribution is 2.18. The maximum Gasteiger partial charge on any atom is 0.422 e. The molecular weight excluding hydrogens is 243 g/mol. The standard InChI is InChI=1S/C13H14F3NO/c1-17-9-3-2-4-11-5-7-12(8-6-11)18-10-13(14,15)16/h5-8,17H,3,9-10H2,1H3. The molecule has 1 N–H and O–H groups in total. The minimum Gasteiger partial charge on any atom is -0.484 e. The van der Waals surface area contributed by atoms with Gasteiger partial charge in [-0.2, -0.15) is 13.2 Å². The van der Waals surface area contributed by atoms with Crippen LogP contribution in [0.2, 0.25) is 0 Å². The van der Waals surface area contributed by atoms with E-state index in [9.17, 15) is 13.2 Å². The second-order valence-electron chi connectivity index (χ2n) is 3.58. The first kappa shape index (κ1) is 14.4. The molecule has 0 aliphatic heterocycles. The summed E-state index contributed by atoms with van der Waals surface area (Å²) in [6, 6.07) is 6.23. The second-order valence-corrected chi connectivity index (χ2v) is 3.58. The largest absolute Gasteiger partial charge is 0.484 e. The van der Waals surface area contributed by atoms with E-state index in [-0.39, 0.29) is 5.75 Å². The maximum atomic E-state index is 11.9. The minimum atomic E-state index is -4.31. The summed E-state index contributed by atoms with van der Waals surface area (Å²) < 4.78 is 40.3. The lowest BCUT2D eigenvalue weighted by Gasteiger charge is -2.08. The smallest absolute Gasteiger partial charge is 0.422 e. The van der Waals surface area contributed by atoms with E-state index in [1.807, 2.05) is 7.05 Å². The highest BCUT2D eigenvalue weighted by atomic mass is 19.4. The summed E-state index contributed by atoms with van der Waals surface area (Å²) in [6.45, 7) is -0.472. The van der Waals surface area contributed by atoms with Crippen molar-refractivity contribution in [2.75, 3.05) is 20.2 Å². The topological polar surface area (TPSA) is 21.3 Å². The Labute approximate surface area is 104 Å². The van der Waals surface area contributed by atoms with Crippen LogP contribution in [0.15, 0.2) is 24.3 Å². The van der Waals surface area contributed by atoms with Crippen LogP contribution in [0.25, 0.3) is 0 Å². The molecule has 5 heteroatoms. The van der Waals surface area contributed by atoms with Crippen LogP contribution in [0.1, 0.15) is 12.0 Å². The van der Waals surface area contributed by atoms with Crippen LogP contribution < -0.4 is 10.1 Å². The Morgan fingerprint density at radius 1 is 1.22 bits per heavy atom.